The Labute approximate surface area is 841 Å². The summed E-state index contributed by atoms with van der Waals surface area (Å²) in [5.74, 6) is -5.12. The summed E-state index contributed by atoms with van der Waals surface area (Å²) in [4.78, 5) is 148. The van der Waals surface area contributed by atoms with Crippen molar-refractivity contribution in [3.05, 3.63) is 114 Å². The zero-order chi connectivity index (χ0) is 105. The molecule has 0 aromatic carbocycles. The molecule has 0 bridgehead atoms. The zero-order valence-electron chi connectivity index (χ0n) is 83.3. The molecule has 7 aliphatic rings. The summed E-state index contributed by atoms with van der Waals surface area (Å²) in [6.07, 6.45) is 11.1. The van der Waals surface area contributed by atoms with E-state index in [-0.39, 0.29) is 135 Å². The fourth-order valence-electron chi connectivity index (χ4n) is 17.1. The van der Waals surface area contributed by atoms with Crippen LogP contribution in [0, 0.1) is 32.1 Å². The topological polar surface area (TPSA) is 454 Å². The highest BCUT2D eigenvalue weighted by molar-refractivity contribution is 7.18. The van der Waals surface area contributed by atoms with Gasteiger partial charge in [-0.3, -0.25) is 38.4 Å². The predicted octanol–water partition coefficient (Wildman–Crippen LogP) is 16.3. The standard InChI is InChI=1S/C26H34N6O3S.C25H33F2N5O3S.C24H30F3N5O3S.C23H30F3N5O3S/c1-16-8-7-11-32(16)25(34)20-21(36-24(31-20)23(33)29-15-26(2,3)35)18-12-17(13-27)22(28-14-18)30-19-9-5-4-6-10-19;1-14-9-17(31-24(5)7-6-8-24)28-11-16(14)19-18(22(34)32-13-25(26,27)10-15(32)2)30-21(36-19)20(33)29-12-23(3,4)35;1-13-10-16(31-23(7-8-23)24(25,26)27)28-11-15(13)18-17(21(34)32-9-5-6-14(32)2)30-20(36-18)19(33)29-12-22(3,4)35;1-12-9-16(29-14(3)23(24,25)26)27-10-15(12)18-17(21(33)31-8-6-7-13(31)2)30-20(35-18)19(32)28-11-22(4,5)34/h12,14,16,19,35H,4-11,15H2,1-3H3,(H,28,30)(H,29,33);9,11,15,35H,6-8,10,12-13H2,1-5H3,(H,28,31)(H,29,33);10-11,14,35H,5-9,12H2,1-4H3,(H,28,31)(H,29,33);9-10,13-14,34H,6-8,11H2,1-5H3,(H,27,29)(H,28,32)/t16-;15-;14-;13-,14-/m0000/s1. The summed E-state index contributed by atoms with van der Waals surface area (Å²) >= 11 is 4.13. The normalized spacial score (nSPS) is 19.0. The first kappa shape index (κ1) is 111. The highest BCUT2D eigenvalue weighted by Gasteiger charge is 2.64. The van der Waals surface area contributed by atoms with Crippen LogP contribution in [0.5, 0.6) is 0 Å². The first-order valence-corrected chi connectivity index (χ1v) is 51.2. The molecule has 15 rings (SSSR count). The van der Waals surface area contributed by atoms with Crippen molar-refractivity contribution in [1.82, 2.24) is 80.7 Å². The maximum Gasteiger partial charge on any atom is 0.411 e. The van der Waals surface area contributed by atoms with Crippen LogP contribution in [0.15, 0.2) is 49.1 Å². The lowest BCUT2D eigenvalue weighted by Gasteiger charge is -2.39. The Kier molecular flexibility index (Phi) is 34.4. The molecule has 8 aromatic heterocycles. The van der Waals surface area contributed by atoms with Gasteiger partial charge in [0, 0.05) is 135 Å². The van der Waals surface area contributed by atoms with Crippen LogP contribution in [0.3, 0.4) is 0 Å². The van der Waals surface area contributed by atoms with E-state index in [0.29, 0.717) is 95.8 Å². The molecule has 3 aliphatic carbocycles. The predicted molar refractivity (Wildman–Crippen MR) is 531 cm³/mol. The van der Waals surface area contributed by atoms with Gasteiger partial charge < -0.3 is 82.6 Å². The molecule has 776 valence electrons. The molecule has 0 spiro atoms. The van der Waals surface area contributed by atoms with E-state index in [1.807, 2.05) is 33.8 Å². The van der Waals surface area contributed by atoms with E-state index in [9.17, 15) is 99.2 Å². The van der Waals surface area contributed by atoms with E-state index in [1.165, 1.54) is 37.4 Å². The van der Waals surface area contributed by atoms with Crippen molar-refractivity contribution in [2.75, 3.05) is 73.6 Å². The third kappa shape index (κ3) is 28.3. The van der Waals surface area contributed by atoms with Gasteiger partial charge in [0.15, 0.2) is 20.0 Å². The van der Waals surface area contributed by atoms with Crippen LogP contribution in [0.1, 0.15) is 310 Å². The number of thiazole rings is 4. The fourth-order valence-corrected chi connectivity index (χ4v) is 21.2. The molecule has 143 heavy (non-hydrogen) atoms. The molecule has 8 aromatic rings. The van der Waals surface area contributed by atoms with Crippen molar-refractivity contribution in [1.29, 1.82) is 5.26 Å². The maximum absolute atomic E-state index is 14.1. The van der Waals surface area contributed by atoms with Gasteiger partial charge in [-0.15, -0.1) is 45.3 Å². The second-order valence-electron chi connectivity index (χ2n) is 41.1. The SMILES string of the molecule is C[C@H]1CCCN1C(=O)c1nc(C(=O)NCC(C)(C)O)sc1-c1cnc(NC2CCCCC2)c(C#N)c1.Cc1cc(NC2(C(F)(F)F)CC2)ncc1-c1sc(C(=O)NCC(C)(C)O)nc1C(=O)N1CCC[C@@H]1C.Cc1cc(NC2(C)CCC2)ncc1-c1sc(C(=O)NCC(C)(C)O)nc1C(=O)N1CC(F)(F)C[C@@H]1C.Cc1cc(N[C@@H](C)C(F)(F)F)ncc1-c1sc(C(=O)NCC(C)(C)O)nc1C(=O)N1CCC[C@@H]1C. The smallest absolute Gasteiger partial charge is 0.389 e. The third-order valence-electron chi connectivity index (χ3n) is 25.7. The Morgan fingerprint density at radius 1 is 0.469 bits per heavy atom. The summed E-state index contributed by atoms with van der Waals surface area (Å²) in [5, 5.41) is 72.1. The van der Waals surface area contributed by atoms with Gasteiger partial charge in [0.25, 0.3) is 53.2 Å². The van der Waals surface area contributed by atoms with Crippen molar-refractivity contribution in [3.63, 3.8) is 0 Å². The maximum atomic E-state index is 14.1. The average Bonchev–Trinajstić information content (AvgIpc) is 1.63. The lowest BCUT2D eigenvalue weighted by atomic mass is 9.78. The number of alkyl halides is 8. The molecule has 0 radical (unpaired) electrons. The summed E-state index contributed by atoms with van der Waals surface area (Å²) in [6.45, 7) is 29.6. The highest BCUT2D eigenvalue weighted by atomic mass is 32.1. The minimum Gasteiger partial charge on any atom is -0.389 e. The largest absolute Gasteiger partial charge is 0.411 e. The molecule has 8 amide bonds. The monoisotopic (exact) mass is 2070 g/mol. The number of halogens is 8. The van der Waals surface area contributed by atoms with Gasteiger partial charge in [-0.2, -0.15) is 31.6 Å². The fraction of sp³-hybridized carbons (Fsp3) is 0.582. The van der Waals surface area contributed by atoms with E-state index in [4.69, 9.17) is 0 Å². The molecule has 0 unspecified atom stereocenters. The van der Waals surface area contributed by atoms with Gasteiger partial charge >= 0.3 is 12.4 Å². The van der Waals surface area contributed by atoms with Crippen LogP contribution in [-0.4, -0.2) is 268 Å². The van der Waals surface area contributed by atoms with Gasteiger partial charge in [-0.1, -0.05) is 19.3 Å². The molecule has 3 saturated carbocycles. The minimum atomic E-state index is -4.43. The molecular formula is C98H127F8N21O12S4. The second kappa shape index (κ2) is 44.4. The Hall–Kier alpha value is -11.2. The van der Waals surface area contributed by atoms with Gasteiger partial charge in [-0.05, 0) is 242 Å². The van der Waals surface area contributed by atoms with E-state index >= 15 is 0 Å². The number of nitrogens with zero attached hydrogens (tertiary/aromatic N) is 13. The number of carbonyl (C=O) groups is 8. The number of nitriles is 1. The number of aromatic nitrogens is 8. The first-order valence-electron chi connectivity index (χ1n) is 47.9. The van der Waals surface area contributed by atoms with Gasteiger partial charge in [0.05, 0.1) is 54.0 Å². The molecule has 4 saturated heterocycles. The van der Waals surface area contributed by atoms with E-state index in [2.05, 4.69) is 95.4 Å². The molecule has 12 N–H and O–H groups in total. The molecule has 12 heterocycles. The number of rotatable bonds is 28. The molecule has 33 nitrogen and oxygen atoms in total. The third-order valence-corrected chi connectivity index (χ3v) is 30.1. The number of likely N-dealkylation sites (tertiary alicyclic amines) is 4. The Balaban J connectivity index is 0.000000170. The summed E-state index contributed by atoms with van der Waals surface area (Å²) in [7, 11) is 0. The zero-order valence-corrected chi connectivity index (χ0v) is 86.6. The van der Waals surface area contributed by atoms with Crippen LogP contribution in [0.2, 0.25) is 0 Å². The lowest BCUT2D eigenvalue weighted by Crippen LogP contribution is -2.41. The Bertz CT molecular complexity index is 6040. The number of hydrogen-bond acceptors (Lipinski definition) is 29. The van der Waals surface area contributed by atoms with Crippen LogP contribution in [0.25, 0.3) is 41.8 Å². The van der Waals surface area contributed by atoms with Crippen molar-refractivity contribution in [3.8, 4) is 47.8 Å². The van der Waals surface area contributed by atoms with E-state index < -0.39 is 101 Å². The molecule has 45 heteroatoms. The van der Waals surface area contributed by atoms with Crippen LogP contribution in [-0.2, 0) is 0 Å². The van der Waals surface area contributed by atoms with Gasteiger partial charge in [0.2, 0.25) is 0 Å². The molecule has 4 aliphatic heterocycles. The summed E-state index contributed by atoms with van der Waals surface area (Å²) in [5.41, 5.74) is -1.44. The Morgan fingerprint density at radius 2 is 0.825 bits per heavy atom. The summed E-state index contributed by atoms with van der Waals surface area (Å²) in [6, 6.07) is 6.81. The van der Waals surface area contributed by atoms with Crippen LogP contribution < -0.4 is 42.5 Å². The number of carbonyl (C=O) groups excluding carboxylic acids is 8. The van der Waals surface area contributed by atoms with Crippen molar-refractivity contribution in [2.24, 2.45) is 0 Å². The van der Waals surface area contributed by atoms with Crippen molar-refractivity contribution in [2.45, 2.75) is 315 Å². The van der Waals surface area contributed by atoms with Crippen LogP contribution in [0.4, 0.5) is 58.4 Å². The minimum absolute atomic E-state index is 0.00487. The van der Waals surface area contributed by atoms with Crippen LogP contribution >= 0.6 is 45.3 Å². The van der Waals surface area contributed by atoms with Crippen molar-refractivity contribution >= 4 is 116 Å². The quantitative estimate of drug-likeness (QED) is 0.0203. The molecular weight excluding hydrogens is 1940 g/mol. The Morgan fingerprint density at radius 3 is 1.14 bits per heavy atom. The number of pyridine rings is 4. The highest BCUT2D eigenvalue weighted by Crippen LogP contribution is 2.52. The number of aryl methyl sites for hydroxylation is 3. The molecule has 5 atom stereocenters. The van der Waals surface area contributed by atoms with E-state index in [1.54, 1.807) is 109 Å². The van der Waals surface area contributed by atoms with Gasteiger partial charge in [0.1, 0.15) is 63.7 Å². The average molecular weight is 2070 g/mol. The number of hydrogen-bond donors (Lipinski definition) is 12. The number of nitrogens with one attached hydrogen (secondary N) is 8. The lowest BCUT2D eigenvalue weighted by molar-refractivity contribution is -0.151. The second-order valence-corrected chi connectivity index (χ2v) is 45.1. The summed E-state index contributed by atoms with van der Waals surface area (Å²) < 4.78 is 107. The molecule has 7 fully saturated rings. The number of amides is 8. The van der Waals surface area contributed by atoms with E-state index in [0.717, 1.165) is 140 Å². The first-order chi connectivity index (χ1) is 66.7. The van der Waals surface area contributed by atoms with Gasteiger partial charge in [-0.25, -0.2) is 48.7 Å². The number of anilines is 4. The number of aliphatic hydroxyl groups is 4. The van der Waals surface area contributed by atoms with Crippen molar-refractivity contribution < 1.29 is 93.9 Å².